The number of fused-ring (bicyclic) bond motifs is 4. The van der Waals surface area contributed by atoms with Crippen molar-refractivity contribution in [1.29, 1.82) is 0 Å². The second-order valence-electron chi connectivity index (χ2n) is 18.7. The SMILES string of the molecule is C.C.Cl.Nc1c2c(nn1C(=O)C1CCCC3=C1C=CC3)CCCC2.Nc1n[nH]c2c1CCCC2.Nc1nn(C(=O)C2CCCC3=C2C=CC3)c2c1CCCC2.O=C(O)C1CCCc2[nH]ccc21. The molecule has 67 heavy (non-hydrogen) atoms. The standard InChI is InChI=1S/2C17H21N3O.C9H11NO2.C7H11N3.2CH4.ClH/c18-16-14-7-1-2-10-15(14)20(19-16)17(21)13-9-4-6-11-5-3-8-12(11)13;18-16-14-7-1-2-10-15(14)19-20(16)17(21)13-9-4-6-11-5-3-8-12(11)13;11-9(12)7-2-1-3-8-6(7)4-5-10-8;8-7-5-3-1-2-4-6(5)9-10-7;;;/h3,8,13H,1-2,4-7,9-10H2,(H2,18,19);3,8,13H,1-2,4-7,9-10,18H2;4-5,7,10H,1-3H2,(H,11,12);1-4H2,(H3,8,9,10);2*1H4;1H. The van der Waals surface area contributed by atoms with E-state index in [1.54, 1.807) is 4.68 Å². The summed E-state index contributed by atoms with van der Waals surface area (Å²) >= 11 is 0. The van der Waals surface area contributed by atoms with Crippen LogP contribution in [-0.4, -0.2) is 57.6 Å². The van der Waals surface area contributed by atoms with E-state index >= 15 is 0 Å². The summed E-state index contributed by atoms with van der Waals surface area (Å²) in [5.74, 6) is 1.01. The molecule has 362 valence electrons. The van der Waals surface area contributed by atoms with Gasteiger partial charge in [0.25, 0.3) is 11.8 Å². The van der Waals surface area contributed by atoms with E-state index in [4.69, 9.17) is 22.3 Å². The predicted octanol–water partition coefficient (Wildman–Crippen LogP) is 10.2. The Kier molecular flexibility index (Phi) is 17.0. The zero-order valence-electron chi connectivity index (χ0n) is 37.5. The molecule has 15 heteroatoms. The number of anilines is 3. The summed E-state index contributed by atoms with van der Waals surface area (Å²) in [5.41, 5.74) is 32.2. The minimum atomic E-state index is -0.699. The fourth-order valence-electron chi connectivity index (χ4n) is 11.4. The summed E-state index contributed by atoms with van der Waals surface area (Å²) in [5, 5.41) is 24.7. The van der Waals surface area contributed by atoms with Crippen LogP contribution in [0.3, 0.4) is 0 Å². The van der Waals surface area contributed by atoms with E-state index in [1.807, 2.05) is 12.3 Å². The van der Waals surface area contributed by atoms with Crippen molar-refractivity contribution in [3.63, 3.8) is 0 Å². The van der Waals surface area contributed by atoms with Gasteiger partial charge in [0.15, 0.2) is 0 Å². The Bertz CT molecular complexity index is 2550. The van der Waals surface area contributed by atoms with Gasteiger partial charge in [0, 0.05) is 34.3 Å². The van der Waals surface area contributed by atoms with Crippen LogP contribution >= 0.6 is 12.4 Å². The van der Waals surface area contributed by atoms with E-state index in [0.29, 0.717) is 17.5 Å². The number of carboxylic acids is 1. The second-order valence-corrected chi connectivity index (χ2v) is 18.7. The number of hydrogen-bond donors (Lipinski definition) is 6. The van der Waals surface area contributed by atoms with Crippen molar-refractivity contribution in [3.8, 4) is 0 Å². The molecule has 4 aromatic heterocycles. The van der Waals surface area contributed by atoms with E-state index in [1.165, 1.54) is 51.1 Å². The number of H-pyrrole nitrogens is 2. The topological polar surface area (TPSA) is 230 Å². The number of nitrogens with two attached hydrogens (primary N) is 3. The van der Waals surface area contributed by atoms with Crippen molar-refractivity contribution < 1.29 is 19.5 Å². The first-order valence-corrected chi connectivity index (χ1v) is 24.0. The lowest BCUT2D eigenvalue weighted by Crippen LogP contribution is -2.28. The fraction of sp³-hybridized carbons (Fsp3) is 0.538. The lowest BCUT2D eigenvalue weighted by atomic mass is 9.83. The van der Waals surface area contributed by atoms with Crippen LogP contribution in [-0.2, 0) is 49.7 Å². The summed E-state index contributed by atoms with van der Waals surface area (Å²) in [7, 11) is 0. The average molecular weight is 938 g/mol. The molecule has 8 aliphatic rings. The molecule has 0 spiro atoms. The number of hydrogen-bond acceptors (Lipinski definition) is 9. The molecule has 0 fully saturated rings. The van der Waals surface area contributed by atoms with Crippen molar-refractivity contribution in [2.24, 2.45) is 11.8 Å². The molecular weight excluding hydrogens is 864 g/mol. The Labute approximate surface area is 401 Å². The number of aromatic amines is 2. The molecule has 0 saturated carbocycles. The number of nitrogens with one attached hydrogen (secondary N) is 2. The van der Waals surface area contributed by atoms with Crippen LogP contribution < -0.4 is 17.2 Å². The number of carbonyl (C=O) groups excluding carboxylic acids is 2. The van der Waals surface area contributed by atoms with Crippen molar-refractivity contribution >= 4 is 47.6 Å². The molecule has 3 atom stereocenters. The molecule has 14 nitrogen and oxygen atoms in total. The highest BCUT2D eigenvalue weighted by atomic mass is 35.5. The number of nitrogen functional groups attached to an aromatic ring is 3. The summed E-state index contributed by atoms with van der Waals surface area (Å²) in [6.07, 6.45) is 34.8. The van der Waals surface area contributed by atoms with Crippen molar-refractivity contribution in [1.82, 2.24) is 34.7 Å². The van der Waals surface area contributed by atoms with Crippen LogP contribution in [0.1, 0.15) is 178 Å². The molecule has 0 aliphatic heterocycles. The number of nitrogens with zero attached hydrogens (tertiary/aromatic N) is 5. The first-order valence-electron chi connectivity index (χ1n) is 24.0. The first kappa shape index (κ1) is 50.8. The average Bonchev–Trinajstić information content (AvgIpc) is 4.20. The Morgan fingerprint density at radius 3 is 1.81 bits per heavy atom. The number of halogens is 1. The lowest BCUT2D eigenvalue weighted by Gasteiger charge is -2.24. The number of aryl methyl sites for hydroxylation is 3. The molecule has 9 N–H and O–H groups in total. The highest BCUT2D eigenvalue weighted by Gasteiger charge is 2.35. The molecule has 4 aromatic rings. The largest absolute Gasteiger partial charge is 0.481 e. The Hall–Kier alpha value is -5.63. The van der Waals surface area contributed by atoms with Gasteiger partial charge >= 0.3 is 5.97 Å². The maximum absolute atomic E-state index is 13.0. The third kappa shape index (κ3) is 10.4. The van der Waals surface area contributed by atoms with E-state index < -0.39 is 5.97 Å². The maximum Gasteiger partial charge on any atom is 0.311 e. The highest BCUT2D eigenvalue weighted by Crippen LogP contribution is 2.40. The monoisotopic (exact) mass is 937 g/mol. The van der Waals surface area contributed by atoms with Crippen molar-refractivity contribution in [3.05, 3.63) is 104 Å². The zero-order chi connectivity index (χ0) is 44.3. The van der Waals surface area contributed by atoms with Crippen LogP contribution in [0.5, 0.6) is 0 Å². The molecular formula is C52H73ClN10O4. The number of aliphatic carboxylic acids is 1. The normalized spacial score (nSPS) is 21.5. The minimum Gasteiger partial charge on any atom is -0.481 e. The number of allylic oxidation sites excluding steroid dienone is 8. The highest BCUT2D eigenvalue weighted by molar-refractivity contribution is 5.88. The molecule has 0 aromatic carbocycles. The van der Waals surface area contributed by atoms with Crippen molar-refractivity contribution in [2.75, 3.05) is 17.2 Å². The summed E-state index contributed by atoms with van der Waals surface area (Å²) in [6.45, 7) is 0. The van der Waals surface area contributed by atoms with Gasteiger partial charge < -0.3 is 27.3 Å². The van der Waals surface area contributed by atoms with Gasteiger partial charge in [-0.1, -0.05) is 50.3 Å². The summed E-state index contributed by atoms with van der Waals surface area (Å²) in [4.78, 5) is 39.8. The predicted molar refractivity (Wildman–Crippen MR) is 269 cm³/mol. The minimum absolute atomic E-state index is 0. The molecule has 4 heterocycles. The zero-order valence-corrected chi connectivity index (χ0v) is 38.3. The number of carbonyl (C=O) groups is 3. The van der Waals surface area contributed by atoms with E-state index in [0.717, 1.165) is 169 Å². The number of rotatable bonds is 3. The Morgan fingerprint density at radius 2 is 1.16 bits per heavy atom. The molecule has 0 bridgehead atoms. The van der Waals surface area contributed by atoms with Crippen LogP contribution in [0.15, 0.2) is 58.9 Å². The maximum atomic E-state index is 13.0. The second kappa shape index (κ2) is 22.4. The van der Waals surface area contributed by atoms with E-state index in [2.05, 4.69) is 49.7 Å². The van der Waals surface area contributed by atoms with Crippen LogP contribution in [0.2, 0.25) is 0 Å². The van der Waals surface area contributed by atoms with Gasteiger partial charge in [-0.3, -0.25) is 19.5 Å². The van der Waals surface area contributed by atoms with Gasteiger partial charge in [0.1, 0.15) is 17.5 Å². The van der Waals surface area contributed by atoms with Gasteiger partial charge in [-0.15, -0.1) is 17.5 Å². The van der Waals surface area contributed by atoms with Gasteiger partial charge in [-0.25, -0.2) is 4.68 Å². The van der Waals surface area contributed by atoms with Crippen molar-refractivity contribution in [2.45, 2.75) is 168 Å². The third-order valence-corrected chi connectivity index (χ3v) is 14.8. The summed E-state index contributed by atoms with van der Waals surface area (Å²) in [6, 6.07) is 1.88. The van der Waals surface area contributed by atoms with Gasteiger partial charge in [0.2, 0.25) is 0 Å². The van der Waals surface area contributed by atoms with Gasteiger partial charge in [0.05, 0.1) is 29.1 Å². The Morgan fingerprint density at radius 1 is 0.612 bits per heavy atom. The molecule has 0 amide bonds. The molecule has 3 unspecified atom stereocenters. The molecule has 8 aliphatic carbocycles. The summed E-state index contributed by atoms with van der Waals surface area (Å²) < 4.78 is 3.14. The lowest BCUT2D eigenvalue weighted by molar-refractivity contribution is -0.139. The number of carboxylic acid groups (broad SMARTS) is 1. The number of aromatic nitrogens is 7. The van der Waals surface area contributed by atoms with Crippen LogP contribution in [0.4, 0.5) is 17.5 Å². The fourth-order valence-corrected chi connectivity index (χ4v) is 11.4. The third-order valence-electron chi connectivity index (χ3n) is 14.8. The first-order chi connectivity index (χ1) is 31.2. The van der Waals surface area contributed by atoms with E-state index in [-0.39, 0.29) is 56.8 Å². The van der Waals surface area contributed by atoms with Gasteiger partial charge in [-0.05, 0) is 170 Å². The van der Waals surface area contributed by atoms with E-state index in [9.17, 15) is 14.4 Å². The quantitative estimate of drug-likeness (QED) is 0.114. The smallest absolute Gasteiger partial charge is 0.311 e. The Balaban J connectivity index is 0.000000151. The molecule has 0 radical (unpaired) electrons. The van der Waals surface area contributed by atoms with Crippen LogP contribution in [0, 0.1) is 11.8 Å². The molecule has 12 rings (SSSR count). The van der Waals surface area contributed by atoms with Crippen LogP contribution in [0.25, 0.3) is 0 Å². The van der Waals surface area contributed by atoms with Gasteiger partial charge in [-0.2, -0.15) is 14.9 Å². The molecule has 0 saturated heterocycles.